The Morgan fingerprint density at radius 2 is 2.05 bits per heavy atom. The summed E-state index contributed by atoms with van der Waals surface area (Å²) in [6.07, 6.45) is 1.03. The first-order valence-corrected chi connectivity index (χ1v) is 7.49. The molecule has 1 aromatic heterocycles. The minimum absolute atomic E-state index is 0.100. The number of nitrogens with zero attached hydrogens (tertiary/aromatic N) is 2. The Hall–Kier alpha value is -1.84. The lowest BCUT2D eigenvalue weighted by atomic mass is 9.90. The molecule has 0 atom stereocenters. The number of carboxylic acids is 1. The van der Waals surface area contributed by atoms with Crippen molar-refractivity contribution >= 4 is 17.0 Å². The van der Waals surface area contributed by atoms with Crippen molar-refractivity contribution in [3.63, 3.8) is 0 Å². The van der Waals surface area contributed by atoms with Crippen LogP contribution in [-0.4, -0.2) is 20.6 Å². The first-order valence-electron chi connectivity index (χ1n) is 7.49. The summed E-state index contributed by atoms with van der Waals surface area (Å²) in [5.74, 6) is 0.318. The van der Waals surface area contributed by atoms with Crippen molar-refractivity contribution in [3.05, 3.63) is 29.6 Å². The summed E-state index contributed by atoms with van der Waals surface area (Å²) in [6.45, 7) is 11.5. The number of benzene rings is 1. The van der Waals surface area contributed by atoms with Gasteiger partial charge in [-0.2, -0.15) is 0 Å². The maximum absolute atomic E-state index is 11.5. The zero-order chi connectivity index (χ0) is 15.8. The summed E-state index contributed by atoms with van der Waals surface area (Å²) in [4.78, 5) is 16.2. The van der Waals surface area contributed by atoms with E-state index in [0.717, 1.165) is 29.8 Å². The van der Waals surface area contributed by atoms with Crippen LogP contribution in [0.1, 0.15) is 63.1 Å². The Bertz CT molecular complexity index is 669. The molecule has 114 valence electrons. The highest BCUT2D eigenvalue weighted by molar-refractivity contribution is 6.01. The second-order valence-electron chi connectivity index (χ2n) is 6.71. The number of hydrogen-bond donors (Lipinski definition) is 1. The molecule has 0 aliphatic rings. The summed E-state index contributed by atoms with van der Waals surface area (Å²) < 4.78 is 2.10. The van der Waals surface area contributed by atoms with E-state index < -0.39 is 5.97 Å². The molecule has 0 saturated carbocycles. The molecule has 4 nitrogen and oxygen atoms in total. The number of carboxylic acid groups (broad SMARTS) is 1. The van der Waals surface area contributed by atoms with E-state index in [9.17, 15) is 9.90 Å². The molecule has 1 heterocycles. The monoisotopic (exact) mass is 288 g/mol. The highest BCUT2D eigenvalue weighted by Crippen LogP contribution is 2.30. The lowest BCUT2D eigenvalue weighted by Gasteiger charge is -2.25. The SMILES string of the molecule is CCC(C)(C)Cn1c(C(C)C)nc2cccc(C(=O)O)c21. The van der Waals surface area contributed by atoms with Gasteiger partial charge in [0.25, 0.3) is 0 Å². The molecule has 2 aromatic rings. The van der Waals surface area contributed by atoms with Crippen LogP contribution < -0.4 is 0 Å². The number of fused-ring (bicyclic) bond motifs is 1. The van der Waals surface area contributed by atoms with Crippen LogP contribution in [0.5, 0.6) is 0 Å². The molecular formula is C17H24N2O2. The van der Waals surface area contributed by atoms with Gasteiger partial charge in [0.2, 0.25) is 0 Å². The smallest absolute Gasteiger partial charge is 0.337 e. The summed E-state index contributed by atoms with van der Waals surface area (Å²) in [5, 5.41) is 9.47. The zero-order valence-electron chi connectivity index (χ0n) is 13.5. The first kappa shape index (κ1) is 15.5. The highest BCUT2D eigenvalue weighted by Gasteiger charge is 2.24. The van der Waals surface area contributed by atoms with Gasteiger partial charge in [-0.3, -0.25) is 0 Å². The molecule has 4 heteroatoms. The van der Waals surface area contributed by atoms with Gasteiger partial charge >= 0.3 is 5.97 Å². The number of rotatable bonds is 5. The van der Waals surface area contributed by atoms with Crippen LogP contribution in [0.15, 0.2) is 18.2 Å². The van der Waals surface area contributed by atoms with Gasteiger partial charge in [-0.1, -0.05) is 40.7 Å². The van der Waals surface area contributed by atoms with Crippen LogP contribution in [0, 0.1) is 5.41 Å². The second-order valence-corrected chi connectivity index (χ2v) is 6.71. The van der Waals surface area contributed by atoms with Gasteiger partial charge in [0, 0.05) is 12.5 Å². The number of hydrogen-bond acceptors (Lipinski definition) is 2. The Morgan fingerprint density at radius 3 is 2.57 bits per heavy atom. The van der Waals surface area contributed by atoms with Crippen LogP contribution in [0.2, 0.25) is 0 Å². The van der Waals surface area contributed by atoms with Gasteiger partial charge in [0.1, 0.15) is 5.82 Å². The van der Waals surface area contributed by atoms with Crippen molar-refractivity contribution in [2.45, 2.75) is 53.5 Å². The third-order valence-corrected chi connectivity index (χ3v) is 4.09. The molecule has 0 radical (unpaired) electrons. The van der Waals surface area contributed by atoms with E-state index in [-0.39, 0.29) is 11.3 Å². The van der Waals surface area contributed by atoms with E-state index in [1.807, 2.05) is 6.07 Å². The summed E-state index contributed by atoms with van der Waals surface area (Å²) >= 11 is 0. The van der Waals surface area contributed by atoms with Crippen LogP contribution in [0.25, 0.3) is 11.0 Å². The molecule has 0 bridgehead atoms. The maximum atomic E-state index is 11.5. The van der Waals surface area contributed by atoms with Crippen LogP contribution in [-0.2, 0) is 6.54 Å². The molecule has 1 aromatic carbocycles. The number of carbonyl (C=O) groups is 1. The van der Waals surface area contributed by atoms with Crippen LogP contribution >= 0.6 is 0 Å². The molecule has 21 heavy (non-hydrogen) atoms. The van der Waals surface area contributed by atoms with Crippen molar-refractivity contribution in [2.24, 2.45) is 5.41 Å². The van der Waals surface area contributed by atoms with Gasteiger partial charge < -0.3 is 9.67 Å². The van der Waals surface area contributed by atoms with Crippen molar-refractivity contribution in [3.8, 4) is 0 Å². The van der Waals surface area contributed by atoms with E-state index in [1.54, 1.807) is 12.1 Å². The van der Waals surface area contributed by atoms with Gasteiger partial charge in [0.05, 0.1) is 16.6 Å². The minimum Gasteiger partial charge on any atom is -0.478 e. The summed E-state index contributed by atoms with van der Waals surface area (Å²) in [7, 11) is 0. The van der Waals surface area contributed by atoms with Crippen LogP contribution in [0.3, 0.4) is 0 Å². The van der Waals surface area contributed by atoms with Gasteiger partial charge in [-0.25, -0.2) is 9.78 Å². The van der Waals surface area contributed by atoms with Gasteiger partial charge in [0.15, 0.2) is 0 Å². The molecular weight excluding hydrogens is 264 g/mol. The normalized spacial score (nSPS) is 12.3. The molecule has 0 saturated heterocycles. The quantitative estimate of drug-likeness (QED) is 0.892. The van der Waals surface area contributed by atoms with E-state index in [1.165, 1.54) is 0 Å². The molecule has 0 spiro atoms. The lowest BCUT2D eigenvalue weighted by molar-refractivity contribution is 0.0698. The third kappa shape index (κ3) is 2.94. The molecule has 1 N–H and O–H groups in total. The second kappa shape index (κ2) is 5.51. The minimum atomic E-state index is -0.897. The number of para-hydroxylation sites is 1. The maximum Gasteiger partial charge on any atom is 0.337 e. The molecule has 0 aliphatic heterocycles. The molecule has 0 amide bonds. The number of aromatic carboxylic acids is 1. The van der Waals surface area contributed by atoms with Crippen LogP contribution in [0.4, 0.5) is 0 Å². The highest BCUT2D eigenvalue weighted by atomic mass is 16.4. The fourth-order valence-corrected chi connectivity index (χ4v) is 2.52. The Morgan fingerprint density at radius 1 is 1.38 bits per heavy atom. The molecule has 0 unspecified atom stereocenters. The van der Waals surface area contributed by atoms with Crippen molar-refractivity contribution < 1.29 is 9.90 Å². The fourth-order valence-electron chi connectivity index (χ4n) is 2.52. The summed E-state index contributed by atoms with van der Waals surface area (Å²) in [5.41, 5.74) is 1.95. The Labute approximate surface area is 125 Å². The van der Waals surface area contributed by atoms with Crippen molar-refractivity contribution in [1.29, 1.82) is 0 Å². The first-order chi connectivity index (χ1) is 9.76. The summed E-state index contributed by atoms with van der Waals surface area (Å²) in [6, 6.07) is 5.31. The third-order valence-electron chi connectivity index (χ3n) is 4.09. The number of aromatic nitrogens is 2. The fraction of sp³-hybridized carbons (Fsp3) is 0.529. The van der Waals surface area contributed by atoms with E-state index >= 15 is 0 Å². The van der Waals surface area contributed by atoms with E-state index in [0.29, 0.717) is 5.56 Å². The predicted molar refractivity (Wildman–Crippen MR) is 84.9 cm³/mol. The average molecular weight is 288 g/mol. The topological polar surface area (TPSA) is 55.1 Å². The standard InChI is InChI=1S/C17H24N2O2/c1-6-17(4,5)10-19-14-12(16(20)21)8-7-9-13(14)18-15(19)11(2)3/h7-9,11H,6,10H2,1-5H3,(H,20,21). The molecule has 0 fully saturated rings. The Kier molecular flexibility index (Phi) is 4.08. The average Bonchev–Trinajstić information content (AvgIpc) is 2.77. The molecule has 2 rings (SSSR count). The van der Waals surface area contributed by atoms with Gasteiger partial charge in [-0.15, -0.1) is 0 Å². The van der Waals surface area contributed by atoms with E-state index in [4.69, 9.17) is 0 Å². The molecule has 0 aliphatic carbocycles. The lowest BCUT2D eigenvalue weighted by Crippen LogP contribution is -2.21. The number of imidazole rings is 1. The zero-order valence-corrected chi connectivity index (χ0v) is 13.5. The van der Waals surface area contributed by atoms with Crippen molar-refractivity contribution in [1.82, 2.24) is 9.55 Å². The largest absolute Gasteiger partial charge is 0.478 e. The van der Waals surface area contributed by atoms with E-state index in [2.05, 4.69) is 44.2 Å². The predicted octanol–water partition coefficient (Wildman–Crippen LogP) is 4.29. The van der Waals surface area contributed by atoms with Crippen molar-refractivity contribution in [2.75, 3.05) is 0 Å². The van der Waals surface area contributed by atoms with Gasteiger partial charge in [-0.05, 0) is 24.0 Å². The Balaban J connectivity index is 2.74.